The number of nitrogens with one attached hydrogen (secondary N) is 2. The van der Waals surface area contributed by atoms with Gasteiger partial charge in [0.1, 0.15) is 5.82 Å². The van der Waals surface area contributed by atoms with Gasteiger partial charge in [0.25, 0.3) is 10.0 Å². The molecule has 0 aliphatic heterocycles. The summed E-state index contributed by atoms with van der Waals surface area (Å²) in [5.41, 5.74) is 1.25. The number of aliphatic hydroxyl groups excluding tert-OH is 1. The summed E-state index contributed by atoms with van der Waals surface area (Å²) in [6.07, 6.45) is -1.92. The lowest BCUT2D eigenvalue weighted by molar-refractivity contribution is -0.0484. The fraction of sp³-hybridized carbons (Fsp3) is 0.444. The van der Waals surface area contributed by atoms with Crippen LogP contribution in [0.15, 0.2) is 23.2 Å². The number of aryl methyl sites for hydroxylation is 1. The molecule has 11 heteroatoms. The van der Waals surface area contributed by atoms with E-state index < -0.39 is 33.2 Å². The number of anilines is 1. The first-order chi connectivity index (χ1) is 13.3. The molecule has 0 saturated heterocycles. The third-order valence-electron chi connectivity index (χ3n) is 4.31. The number of benzene rings is 1. The second-order valence-corrected chi connectivity index (χ2v) is 8.86. The molecule has 1 aromatic carbocycles. The molecule has 0 aliphatic carbocycles. The van der Waals surface area contributed by atoms with E-state index in [4.69, 9.17) is 0 Å². The van der Waals surface area contributed by atoms with E-state index in [0.29, 0.717) is 16.8 Å². The van der Waals surface area contributed by atoms with Gasteiger partial charge in [0.05, 0.1) is 5.69 Å². The van der Waals surface area contributed by atoms with E-state index in [2.05, 4.69) is 10.4 Å². The predicted molar refractivity (Wildman–Crippen MR) is 104 cm³/mol. The molecule has 2 aromatic rings. The molecule has 1 aromatic heterocycles. The predicted octanol–water partition coefficient (Wildman–Crippen LogP) is 2.30. The van der Waals surface area contributed by atoms with Crippen molar-refractivity contribution >= 4 is 21.7 Å². The van der Waals surface area contributed by atoms with Gasteiger partial charge in [-0.05, 0) is 35.1 Å². The Bertz CT molecular complexity index is 986. The zero-order chi connectivity index (χ0) is 22.1. The molecule has 0 unspecified atom stereocenters. The number of nitrogens with zero attached hydrogens (tertiary/aromatic N) is 2. The van der Waals surface area contributed by atoms with Crippen molar-refractivity contribution < 1.29 is 27.8 Å². The van der Waals surface area contributed by atoms with E-state index >= 15 is 0 Å². The van der Waals surface area contributed by atoms with Gasteiger partial charge in [-0.15, -0.1) is 0 Å². The van der Waals surface area contributed by atoms with Gasteiger partial charge in [-0.3, -0.25) is 4.68 Å². The number of urea groups is 1. The Labute approximate surface area is 168 Å². The van der Waals surface area contributed by atoms with Crippen LogP contribution in [0.3, 0.4) is 0 Å². The Morgan fingerprint density at radius 1 is 1.10 bits per heavy atom. The minimum atomic E-state index is -4.38. The van der Waals surface area contributed by atoms with Crippen LogP contribution in [0.4, 0.5) is 14.9 Å². The second kappa shape index (κ2) is 8.47. The second-order valence-electron chi connectivity index (χ2n) is 7.23. The molecule has 0 fully saturated rings. The number of rotatable bonds is 6. The lowest BCUT2D eigenvalue weighted by atomic mass is 9.92. The molecule has 2 rings (SSSR count). The van der Waals surface area contributed by atoms with Crippen molar-refractivity contribution in [2.75, 3.05) is 5.32 Å². The number of sulfonamides is 1. The average Bonchev–Trinajstić information content (AvgIpc) is 2.98. The summed E-state index contributed by atoms with van der Waals surface area (Å²) in [5, 5.41) is 24.1. The van der Waals surface area contributed by atoms with Crippen molar-refractivity contribution in [3.05, 3.63) is 40.8 Å². The van der Waals surface area contributed by atoms with Gasteiger partial charge in [0, 0.05) is 18.8 Å². The first-order valence-corrected chi connectivity index (χ1v) is 10.4. The minimum absolute atomic E-state index is 0.125. The highest BCUT2D eigenvalue weighted by molar-refractivity contribution is 7.90. The maximum absolute atomic E-state index is 14.0. The first-order valence-electron chi connectivity index (χ1n) is 8.90. The fourth-order valence-corrected chi connectivity index (χ4v) is 3.75. The van der Waals surface area contributed by atoms with Gasteiger partial charge >= 0.3 is 6.03 Å². The third kappa shape index (κ3) is 5.11. The monoisotopic (exact) mass is 428 g/mol. The molecule has 0 saturated carbocycles. The van der Waals surface area contributed by atoms with Gasteiger partial charge in [-0.1, -0.05) is 27.7 Å². The largest absolute Gasteiger partial charge is 0.363 e. The summed E-state index contributed by atoms with van der Waals surface area (Å²) in [6, 6.07) is 2.50. The zero-order valence-electron chi connectivity index (χ0n) is 16.8. The summed E-state index contributed by atoms with van der Waals surface area (Å²) in [6.45, 7) is 7.31. The number of amides is 2. The van der Waals surface area contributed by atoms with Gasteiger partial charge < -0.3 is 15.5 Å². The molecule has 4 N–H and O–H groups in total. The smallest absolute Gasteiger partial charge is 0.333 e. The van der Waals surface area contributed by atoms with E-state index in [1.807, 2.05) is 32.4 Å². The molecule has 1 heterocycles. The van der Waals surface area contributed by atoms with Crippen molar-refractivity contribution in [3.63, 3.8) is 0 Å². The van der Waals surface area contributed by atoms with Crippen molar-refractivity contribution in [2.24, 2.45) is 7.05 Å². The van der Waals surface area contributed by atoms with E-state index in [9.17, 15) is 27.8 Å². The molecule has 0 spiro atoms. The Morgan fingerprint density at radius 2 is 1.62 bits per heavy atom. The number of carbonyl (C=O) groups is 1. The normalized spacial score (nSPS) is 12.1. The average molecular weight is 428 g/mol. The Hall–Kier alpha value is -2.50. The van der Waals surface area contributed by atoms with Crippen LogP contribution in [0.25, 0.3) is 0 Å². The number of carbonyl (C=O) groups excluding carboxylic acids is 1. The van der Waals surface area contributed by atoms with Crippen molar-refractivity contribution in [1.82, 2.24) is 14.5 Å². The molecule has 0 radical (unpaired) electrons. The standard InChI is InChI=1S/C18H25FN4O5S/c1-9(2)12-6-11(19)7-13(10(3)4)16(12)20-18(26)22-29(27,28)15-8-14(17(24)25)23(5)21-15/h6-10,17,24-25H,1-5H3,(H2,20,22,26). The van der Waals surface area contributed by atoms with Gasteiger partial charge in [0.15, 0.2) is 11.3 Å². The van der Waals surface area contributed by atoms with Crippen LogP contribution in [0, 0.1) is 5.82 Å². The van der Waals surface area contributed by atoms with Crippen LogP contribution in [-0.4, -0.2) is 34.4 Å². The lowest BCUT2D eigenvalue weighted by Gasteiger charge is -2.20. The SMILES string of the molecule is CC(C)c1cc(F)cc(C(C)C)c1NC(=O)NS(=O)(=O)c1cc(C(O)O)n(C)n1. The van der Waals surface area contributed by atoms with Crippen LogP contribution >= 0.6 is 0 Å². The summed E-state index contributed by atoms with van der Waals surface area (Å²) < 4.78 is 41.7. The van der Waals surface area contributed by atoms with E-state index in [1.54, 1.807) is 0 Å². The number of aliphatic hydroxyl groups is 2. The number of aromatic nitrogens is 2. The molecule has 160 valence electrons. The summed E-state index contributed by atoms with van der Waals surface area (Å²) in [4.78, 5) is 12.4. The van der Waals surface area contributed by atoms with E-state index in [0.717, 1.165) is 10.7 Å². The third-order valence-corrected chi connectivity index (χ3v) is 5.51. The van der Waals surface area contributed by atoms with Gasteiger partial charge in [-0.2, -0.15) is 13.5 Å². The topological polar surface area (TPSA) is 134 Å². The zero-order valence-corrected chi connectivity index (χ0v) is 17.6. The van der Waals surface area contributed by atoms with Crippen LogP contribution in [-0.2, 0) is 17.1 Å². The van der Waals surface area contributed by atoms with Crippen LogP contribution in [0.5, 0.6) is 0 Å². The van der Waals surface area contributed by atoms with Crippen LogP contribution < -0.4 is 10.0 Å². The molecule has 0 atom stereocenters. The highest BCUT2D eigenvalue weighted by Gasteiger charge is 2.25. The lowest BCUT2D eigenvalue weighted by Crippen LogP contribution is -2.35. The van der Waals surface area contributed by atoms with Gasteiger partial charge in [-0.25, -0.2) is 13.9 Å². The van der Waals surface area contributed by atoms with E-state index in [-0.39, 0.29) is 17.5 Å². The van der Waals surface area contributed by atoms with Crippen molar-refractivity contribution in [3.8, 4) is 0 Å². The number of hydrogen-bond acceptors (Lipinski definition) is 6. The number of halogens is 1. The maximum Gasteiger partial charge on any atom is 0.333 e. The highest BCUT2D eigenvalue weighted by Crippen LogP contribution is 2.33. The summed E-state index contributed by atoms with van der Waals surface area (Å²) >= 11 is 0. The summed E-state index contributed by atoms with van der Waals surface area (Å²) in [5.74, 6) is -0.696. The molecule has 9 nitrogen and oxygen atoms in total. The van der Waals surface area contributed by atoms with E-state index in [1.165, 1.54) is 19.2 Å². The Balaban J connectivity index is 2.34. The molecular weight excluding hydrogens is 403 g/mol. The molecule has 2 amide bonds. The fourth-order valence-electron chi connectivity index (χ4n) is 2.85. The Morgan fingerprint density at radius 3 is 2.03 bits per heavy atom. The number of hydrogen-bond donors (Lipinski definition) is 4. The quantitative estimate of drug-likeness (QED) is 0.522. The summed E-state index contributed by atoms with van der Waals surface area (Å²) in [7, 11) is -3.05. The van der Waals surface area contributed by atoms with Gasteiger partial charge in [0.2, 0.25) is 0 Å². The van der Waals surface area contributed by atoms with Crippen LogP contribution in [0.2, 0.25) is 0 Å². The first kappa shape index (κ1) is 22.8. The minimum Gasteiger partial charge on any atom is -0.363 e. The van der Waals surface area contributed by atoms with Crippen molar-refractivity contribution in [2.45, 2.75) is 50.8 Å². The molecule has 0 bridgehead atoms. The maximum atomic E-state index is 14.0. The molecular formula is C18H25FN4O5S. The molecule has 29 heavy (non-hydrogen) atoms. The molecule has 0 aliphatic rings. The van der Waals surface area contributed by atoms with Crippen LogP contribution in [0.1, 0.15) is 62.6 Å². The highest BCUT2D eigenvalue weighted by atomic mass is 32.2. The Kier molecular flexibility index (Phi) is 6.66. The van der Waals surface area contributed by atoms with Crippen molar-refractivity contribution in [1.29, 1.82) is 0 Å².